The second-order valence-electron chi connectivity index (χ2n) is 12.9. The Morgan fingerprint density at radius 1 is 0.648 bits per heavy atom. The van der Waals surface area contributed by atoms with Crippen molar-refractivity contribution in [3.63, 3.8) is 0 Å². The highest BCUT2D eigenvalue weighted by Gasteiger charge is 2.42. The van der Waals surface area contributed by atoms with Gasteiger partial charge in [0.1, 0.15) is 18.6 Å². The summed E-state index contributed by atoms with van der Waals surface area (Å²) >= 11 is 15.9. The number of thiophene rings is 2. The molecule has 2 saturated heterocycles. The Morgan fingerprint density at radius 3 is 1.43 bits per heavy atom. The van der Waals surface area contributed by atoms with Gasteiger partial charge in [0, 0.05) is 35.7 Å². The number of nitrogens with one attached hydrogen (secondary N) is 2. The number of aryl methyl sites for hydroxylation is 2. The normalized spacial score (nSPS) is 18.2. The first-order chi connectivity index (χ1) is 26.0. The highest BCUT2D eigenvalue weighted by Crippen LogP contribution is 2.43. The van der Waals surface area contributed by atoms with Gasteiger partial charge in [-0.05, 0) is 89.2 Å². The molecule has 54 heavy (non-hydrogen) atoms. The standard InChI is InChI=1S/C36H40N4O8S6/c1-3-47-33(45)25-19-11-5-7-13-21(19)51-29(25)37-23(41)15-9-17-39-31(43)27(53-35(39)49)28-32(44)40(36(50)54-28)18-10-16-24(42)38-30-26(34(46)48-4-2)20-12-6-8-14-22(20)52-30/h3-18H2,1-2H3,(H,37,41)(H,38,42). The number of amides is 4. The first-order valence-corrected chi connectivity index (χ1v) is 22.1. The van der Waals surface area contributed by atoms with Crippen molar-refractivity contribution in [1.82, 2.24) is 9.80 Å². The Labute approximate surface area is 340 Å². The van der Waals surface area contributed by atoms with E-state index in [1.807, 2.05) is 0 Å². The van der Waals surface area contributed by atoms with Gasteiger partial charge in [0.25, 0.3) is 11.8 Å². The van der Waals surface area contributed by atoms with Gasteiger partial charge in [-0.25, -0.2) is 9.59 Å². The third-order valence-electron chi connectivity index (χ3n) is 9.28. The number of rotatable bonds is 14. The van der Waals surface area contributed by atoms with Crippen LogP contribution in [0.15, 0.2) is 9.81 Å². The third kappa shape index (κ3) is 8.78. The molecule has 0 bridgehead atoms. The fourth-order valence-electron chi connectivity index (χ4n) is 6.78. The molecule has 2 fully saturated rings. The third-order valence-corrected chi connectivity index (χ3v) is 14.7. The van der Waals surface area contributed by atoms with Crippen LogP contribution in [0.5, 0.6) is 0 Å². The number of thioether (sulfide) groups is 2. The van der Waals surface area contributed by atoms with Crippen molar-refractivity contribution in [2.75, 3.05) is 36.9 Å². The summed E-state index contributed by atoms with van der Waals surface area (Å²) in [7, 11) is 0. The van der Waals surface area contributed by atoms with Crippen molar-refractivity contribution in [2.24, 2.45) is 0 Å². The summed E-state index contributed by atoms with van der Waals surface area (Å²) in [5.74, 6) is -2.27. The maximum absolute atomic E-state index is 13.5. The van der Waals surface area contributed by atoms with Crippen molar-refractivity contribution in [3.8, 4) is 0 Å². The summed E-state index contributed by atoms with van der Waals surface area (Å²) in [5, 5.41) is 6.80. The van der Waals surface area contributed by atoms with Crippen LogP contribution in [0.25, 0.3) is 0 Å². The average molecular weight is 849 g/mol. The van der Waals surface area contributed by atoms with Crippen LogP contribution in [0.4, 0.5) is 10.0 Å². The van der Waals surface area contributed by atoms with Crippen LogP contribution in [-0.2, 0) is 54.3 Å². The Kier molecular flexibility index (Phi) is 13.6. The van der Waals surface area contributed by atoms with Gasteiger partial charge in [-0.15, -0.1) is 22.7 Å². The van der Waals surface area contributed by atoms with Gasteiger partial charge in [0.2, 0.25) is 11.8 Å². The zero-order valence-corrected chi connectivity index (χ0v) is 34.8. The summed E-state index contributed by atoms with van der Waals surface area (Å²) < 4.78 is 11.1. The van der Waals surface area contributed by atoms with Crippen molar-refractivity contribution in [2.45, 2.75) is 90.9 Å². The maximum Gasteiger partial charge on any atom is 0.341 e. The fourth-order valence-corrected chi connectivity index (χ4v) is 12.1. The Hall–Kier alpha value is -3.16. The summed E-state index contributed by atoms with van der Waals surface area (Å²) in [4.78, 5) is 83.9. The predicted molar refractivity (Wildman–Crippen MR) is 220 cm³/mol. The topological polar surface area (TPSA) is 151 Å². The number of ether oxygens (including phenoxy) is 2. The highest BCUT2D eigenvalue weighted by molar-refractivity contribution is 8.29. The number of hydrogen-bond donors (Lipinski definition) is 2. The smallest absolute Gasteiger partial charge is 0.341 e. The van der Waals surface area contributed by atoms with Gasteiger partial charge >= 0.3 is 11.9 Å². The maximum atomic E-state index is 13.5. The molecule has 2 aromatic rings. The van der Waals surface area contributed by atoms with E-state index in [1.54, 1.807) is 13.8 Å². The fraction of sp³-hybridized carbons (Fsp3) is 0.500. The number of thiocarbonyl (C=S) groups is 2. The molecule has 4 heterocycles. The first kappa shape index (κ1) is 40.5. The van der Waals surface area contributed by atoms with Crippen molar-refractivity contribution in [1.29, 1.82) is 0 Å². The van der Waals surface area contributed by atoms with E-state index in [2.05, 4.69) is 10.6 Å². The summed E-state index contributed by atoms with van der Waals surface area (Å²) in [6.45, 7) is 4.32. The monoisotopic (exact) mass is 848 g/mol. The van der Waals surface area contributed by atoms with E-state index in [1.165, 1.54) is 32.5 Å². The van der Waals surface area contributed by atoms with E-state index in [0.717, 1.165) is 95.8 Å². The first-order valence-electron chi connectivity index (χ1n) is 18.1. The second-order valence-corrected chi connectivity index (χ2v) is 18.4. The van der Waals surface area contributed by atoms with E-state index >= 15 is 0 Å². The molecule has 2 aliphatic heterocycles. The molecule has 12 nitrogen and oxygen atoms in total. The molecule has 0 radical (unpaired) electrons. The lowest BCUT2D eigenvalue weighted by Crippen LogP contribution is -2.31. The molecule has 2 aromatic heterocycles. The lowest BCUT2D eigenvalue weighted by Gasteiger charge is -2.15. The van der Waals surface area contributed by atoms with Crippen LogP contribution in [0, 0.1) is 0 Å². The molecule has 2 aliphatic carbocycles. The molecule has 4 amide bonds. The zero-order valence-electron chi connectivity index (χ0n) is 29.9. The zero-order chi connectivity index (χ0) is 38.5. The summed E-state index contributed by atoms with van der Waals surface area (Å²) in [6.07, 6.45) is 8.12. The van der Waals surface area contributed by atoms with Crippen LogP contribution < -0.4 is 10.6 Å². The number of anilines is 2. The quantitative estimate of drug-likeness (QED) is 0.115. The van der Waals surface area contributed by atoms with E-state index < -0.39 is 23.8 Å². The molecule has 18 heteroatoms. The number of fused-ring (bicyclic) bond motifs is 2. The highest BCUT2D eigenvalue weighted by atomic mass is 32.2. The average Bonchev–Trinajstić information content (AvgIpc) is 3.85. The minimum atomic E-state index is -0.432. The molecule has 6 rings (SSSR count). The van der Waals surface area contributed by atoms with Crippen LogP contribution >= 0.6 is 70.6 Å². The largest absolute Gasteiger partial charge is 0.462 e. The second kappa shape index (κ2) is 18.2. The van der Waals surface area contributed by atoms with Gasteiger partial charge in [0.15, 0.2) is 0 Å². The van der Waals surface area contributed by atoms with Crippen molar-refractivity contribution in [3.05, 3.63) is 41.8 Å². The molecule has 2 N–H and O–H groups in total. The van der Waals surface area contributed by atoms with E-state index in [4.69, 9.17) is 33.9 Å². The number of carbonyl (C=O) groups excluding carboxylic acids is 6. The van der Waals surface area contributed by atoms with E-state index in [9.17, 15) is 28.8 Å². The molecule has 0 spiro atoms. The Balaban J connectivity index is 1.01. The van der Waals surface area contributed by atoms with Gasteiger partial charge in [-0.1, -0.05) is 48.0 Å². The van der Waals surface area contributed by atoms with Gasteiger partial charge in [-0.2, -0.15) is 0 Å². The lowest BCUT2D eigenvalue weighted by molar-refractivity contribution is -0.124. The van der Waals surface area contributed by atoms with Crippen molar-refractivity contribution < 1.29 is 38.2 Å². The van der Waals surface area contributed by atoms with Crippen LogP contribution in [0.1, 0.15) is 107 Å². The summed E-state index contributed by atoms with van der Waals surface area (Å²) in [6, 6.07) is 0. The summed E-state index contributed by atoms with van der Waals surface area (Å²) in [5.41, 5.74) is 2.82. The number of hydrogen-bond acceptors (Lipinski definition) is 14. The predicted octanol–water partition coefficient (Wildman–Crippen LogP) is 6.99. The SMILES string of the molecule is CCOC(=O)c1c(NC(=O)CCCN2C(=O)C(=C3SC(=S)N(CCCC(=O)Nc4sc5c(c4C(=O)OCC)CCCC5)C3=O)SC2=S)sc2c1CCCC2. The van der Waals surface area contributed by atoms with Crippen LogP contribution in [0.3, 0.4) is 0 Å². The van der Waals surface area contributed by atoms with Crippen LogP contribution in [0.2, 0.25) is 0 Å². The minimum Gasteiger partial charge on any atom is -0.462 e. The number of esters is 2. The van der Waals surface area contributed by atoms with E-state index in [0.29, 0.717) is 34.0 Å². The van der Waals surface area contributed by atoms with Gasteiger partial charge in [-0.3, -0.25) is 29.0 Å². The molecular weight excluding hydrogens is 809 g/mol. The van der Waals surface area contributed by atoms with Crippen LogP contribution in [-0.4, -0.2) is 80.3 Å². The van der Waals surface area contributed by atoms with Gasteiger partial charge < -0.3 is 20.1 Å². The number of nitrogens with zero attached hydrogens (tertiary/aromatic N) is 2. The molecule has 4 aliphatic rings. The molecule has 0 atom stereocenters. The van der Waals surface area contributed by atoms with Crippen molar-refractivity contribution >= 4 is 125 Å². The molecule has 0 saturated carbocycles. The Bertz CT molecular complexity index is 1810. The Morgan fingerprint density at radius 2 is 1.04 bits per heavy atom. The van der Waals surface area contributed by atoms with Gasteiger partial charge in [0.05, 0.1) is 34.2 Å². The minimum absolute atomic E-state index is 0.0892. The lowest BCUT2D eigenvalue weighted by atomic mass is 9.95. The molecule has 0 aromatic carbocycles. The molecule has 288 valence electrons. The molecule has 0 unspecified atom stereocenters. The molecular formula is C36H40N4O8S6. The van der Waals surface area contributed by atoms with E-state index in [-0.39, 0.29) is 69.4 Å². The number of carbonyl (C=O) groups is 6.